The molecule has 8 nitrogen and oxygen atoms in total. The molecule has 4 rings (SSSR count). The maximum atomic E-state index is 11.9. The van der Waals surface area contributed by atoms with Gasteiger partial charge in [-0.2, -0.15) is 5.10 Å². The molecule has 0 fully saturated rings. The number of H-pyrrole nitrogens is 2. The van der Waals surface area contributed by atoms with Crippen molar-refractivity contribution in [3.8, 4) is 22.9 Å². The first-order valence-corrected chi connectivity index (χ1v) is 7.91. The highest BCUT2D eigenvalue weighted by Crippen LogP contribution is 2.28. The second kappa shape index (κ2) is 5.99. The molecule has 0 atom stereocenters. The summed E-state index contributed by atoms with van der Waals surface area (Å²) in [6.45, 7) is 1.68. The van der Waals surface area contributed by atoms with Gasteiger partial charge in [-0.15, -0.1) is 0 Å². The van der Waals surface area contributed by atoms with Crippen LogP contribution in [0.5, 0.6) is 11.6 Å². The predicted octanol–water partition coefficient (Wildman–Crippen LogP) is 2.11. The van der Waals surface area contributed by atoms with Crippen molar-refractivity contribution in [2.24, 2.45) is 7.05 Å². The van der Waals surface area contributed by atoms with Gasteiger partial charge in [0.25, 0.3) is 5.56 Å². The van der Waals surface area contributed by atoms with Crippen molar-refractivity contribution in [3.63, 3.8) is 0 Å². The van der Waals surface area contributed by atoms with Crippen molar-refractivity contribution >= 4 is 10.9 Å². The third kappa shape index (κ3) is 2.57. The Balaban J connectivity index is 1.71. The molecule has 0 spiro atoms. The fourth-order valence-electron chi connectivity index (χ4n) is 2.86. The molecule has 3 heterocycles. The third-order valence-corrected chi connectivity index (χ3v) is 4.23. The number of pyridine rings is 1. The first kappa shape index (κ1) is 15.8. The molecule has 0 saturated carbocycles. The summed E-state index contributed by atoms with van der Waals surface area (Å²) in [7, 11) is 1.62. The van der Waals surface area contributed by atoms with Gasteiger partial charge in [0.2, 0.25) is 5.88 Å². The third-order valence-electron chi connectivity index (χ3n) is 4.23. The number of aromatic amines is 2. The van der Waals surface area contributed by atoms with Crippen LogP contribution in [0.25, 0.3) is 22.2 Å². The van der Waals surface area contributed by atoms with E-state index in [1.807, 2.05) is 6.07 Å². The Morgan fingerprint density at radius 1 is 1.12 bits per heavy atom. The zero-order valence-electron chi connectivity index (χ0n) is 14.1. The highest BCUT2D eigenvalue weighted by molar-refractivity contribution is 5.82. The molecule has 3 aromatic heterocycles. The van der Waals surface area contributed by atoms with Gasteiger partial charge in [-0.1, -0.05) is 0 Å². The Morgan fingerprint density at radius 2 is 1.88 bits per heavy atom. The van der Waals surface area contributed by atoms with E-state index in [-0.39, 0.29) is 5.56 Å². The molecule has 0 amide bonds. The highest BCUT2D eigenvalue weighted by atomic mass is 16.5. The molecule has 8 heteroatoms. The summed E-state index contributed by atoms with van der Waals surface area (Å²) in [5, 5.41) is 7.63. The zero-order valence-corrected chi connectivity index (χ0v) is 14.1. The molecule has 0 aliphatic carbocycles. The fourth-order valence-corrected chi connectivity index (χ4v) is 2.86. The summed E-state index contributed by atoms with van der Waals surface area (Å²) in [6.07, 6.45) is 3.29. The Bertz CT molecular complexity index is 1180. The molecule has 26 heavy (non-hydrogen) atoms. The second-order valence-corrected chi connectivity index (χ2v) is 5.87. The van der Waals surface area contributed by atoms with Crippen LogP contribution in [-0.2, 0) is 7.05 Å². The number of rotatable bonds is 3. The van der Waals surface area contributed by atoms with E-state index in [9.17, 15) is 9.59 Å². The Kier molecular flexibility index (Phi) is 3.65. The topological polar surface area (TPSA) is 106 Å². The molecule has 4 aromatic rings. The maximum Gasteiger partial charge on any atom is 0.328 e. The lowest BCUT2D eigenvalue weighted by Crippen LogP contribution is -2.31. The predicted molar refractivity (Wildman–Crippen MR) is 96.4 cm³/mol. The van der Waals surface area contributed by atoms with Gasteiger partial charge in [-0.3, -0.25) is 19.4 Å². The van der Waals surface area contributed by atoms with Crippen molar-refractivity contribution in [2.75, 3.05) is 0 Å². The van der Waals surface area contributed by atoms with E-state index in [0.717, 1.165) is 16.5 Å². The molecule has 0 unspecified atom stereocenters. The average Bonchev–Trinajstić information content (AvgIpc) is 3.11. The van der Waals surface area contributed by atoms with E-state index in [1.165, 1.54) is 4.57 Å². The van der Waals surface area contributed by atoms with Crippen LogP contribution in [0.2, 0.25) is 0 Å². The van der Waals surface area contributed by atoms with Crippen molar-refractivity contribution < 1.29 is 4.74 Å². The number of hydrogen-bond donors (Lipinski definition) is 2. The van der Waals surface area contributed by atoms with E-state index >= 15 is 0 Å². The number of fused-ring (bicyclic) bond motifs is 1. The number of hydrogen-bond acceptors (Lipinski definition) is 5. The molecular weight excluding hydrogens is 334 g/mol. The van der Waals surface area contributed by atoms with Crippen LogP contribution in [-0.4, -0.2) is 24.7 Å². The fraction of sp³-hybridized carbons (Fsp3) is 0.111. The van der Waals surface area contributed by atoms with Gasteiger partial charge in [0.1, 0.15) is 5.75 Å². The van der Waals surface area contributed by atoms with Crippen molar-refractivity contribution in [1.29, 1.82) is 0 Å². The van der Waals surface area contributed by atoms with Crippen LogP contribution < -0.4 is 16.0 Å². The zero-order chi connectivity index (χ0) is 18.3. The molecule has 0 aliphatic heterocycles. The summed E-state index contributed by atoms with van der Waals surface area (Å²) in [6, 6.07) is 8.94. The minimum atomic E-state index is -0.452. The van der Waals surface area contributed by atoms with Crippen LogP contribution in [0.4, 0.5) is 0 Å². The quantitative estimate of drug-likeness (QED) is 0.589. The Labute approximate surface area is 147 Å². The Morgan fingerprint density at radius 3 is 2.65 bits per heavy atom. The van der Waals surface area contributed by atoms with Gasteiger partial charge in [-0.25, -0.2) is 9.78 Å². The lowest BCUT2D eigenvalue weighted by atomic mass is 10.1. The number of benzene rings is 1. The monoisotopic (exact) mass is 349 g/mol. The van der Waals surface area contributed by atoms with Crippen molar-refractivity contribution in [1.82, 2.24) is 24.7 Å². The average molecular weight is 349 g/mol. The molecule has 0 saturated heterocycles. The van der Waals surface area contributed by atoms with Crippen LogP contribution >= 0.6 is 0 Å². The van der Waals surface area contributed by atoms with Crippen LogP contribution in [0, 0.1) is 6.92 Å². The first-order valence-electron chi connectivity index (χ1n) is 7.91. The van der Waals surface area contributed by atoms with Gasteiger partial charge in [0.05, 0.1) is 22.8 Å². The largest absolute Gasteiger partial charge is 0.438 e. The minimum absolute atomic E-state index is 0.390. The van der Waals surface area contributed by atoms with Crippen LogP contribution in [0.1, 0.15) is 5.56 Å². The van der Waals surface area contributed by atoms with Gasteiger partial charge in [-0.05, 0) is 42.8 Å². The summed E-state index contributed by atoms with van der Waals surface area (Å²) >= 11 is 0. The van der Waals surface area contributed by atoms with Crippen molar-refractivity contribution in [2.45, 2.75) is 6.92 Å². The molecule has 0 bridgehead atoms. The molecular formula is C18H15N5O3. The summed E-state index contributed by atoms with van der Waals surface area (Å²) < 4.78 is 7.26. The molecule has 0 radical (unpaired) electrons. The van der Waals surface area contributed by atoms with E-state index in [4.69, 9.17) is 4.74 Å². The van der Waals surface area contributed by atoms with Crippen LogP contribution in [0.15, 0.2) is 52.3 Å². The standard InChI is InChI=1S/C18H15N5O3/c1-10-15(23(2)18(25)21-16(10)24)11-3-5-12(6-4-11)26-17-13-9-20-22-14(13)7-8-19-17/h3-9H,1-2H3,(H,20,22)(H,21,24,25). The van der Waals surface area contributed by atoms with E-state index < -0.39 is 5.69 Å². The number of ether oxygens (including phenoxy) is 1. The summed E-state index contributed by atoms with van der Waals surface area (Å²) in [5.41, 5.74) is 1.78. The SMILES string of the molecule is Cc1c(-c2ccc(Oc3nccc4[nH]ncc34)cc2)n(C)c(=O)[nH]c1=O. The maximum absolute atomic E-state index is 11.9. The number of nitrogens with one attached hydrogen (secondary N) is 2. The normalized spacial score (nSPS) is 11.0. The summed E-state index contributed by atoms with van der Waals surface area (Å²) in [4.78, 5) is 30.3. The van der Waals surface area contributed by atoms with Crippen LogP contribution in [0.3, 0.4) is 0 Å². The van der Waals surface area contributed by atoms with E-state index in [1.54, 1.807) is 50.6 Å². The lowest BCUT2D eigenvalue weighted by Gasteiger charge is -2.11. The Hall–Kier alpha value is -3.68. The number of nitrogens with zero attached hydrogens (tertiary/aromatic N) is 3. The first-order chi connectivity index (χ1) is 12.5. The molecule has 1 aromatic carbocycles. The number of aromatic nitrogens is 5. The van der Waals surface area contributed by atoms with E-state index in [0.29, 0.717) is 22.9 Å². The van der Waals surface area contributed by atoms with Crippen molar-refractivity contribution in [3.05, 3.63) is 69.1 Å². The minimum Gasteiger partial charge on any atom is -0.438 e. The molecule has 130 valence electrons. The lowest BCUT2D eigenvalue weighted by molar-refractivity contribution is 0.469. The van der Waals surface area contributed by atoms with E-state index in [2.05, 4.69) is 20.2 Å². The van der Waals surface area contributed by atoms with Gasteiger partial charge in [0.15, 0.2) is 0 Å². The molecule has 0 aliphatic rings. The highest BCUT2D eigenvalue weighted by Gasteiger charge is 2.12. The molecule has 2 N–H and O–H groups in total. The van der Waals surface area contributed by atoms with Gasteiger partial charge in [0, 0.05) is 18.8 Å². The smallest absolute Gasteiger partial charge is 0.328 e. The van der Waals surface area contributed by atoms with Gasteiger partial charge >= 0.3 is 5.69 Å². The summed E-state index contributed by atoms with van der Waals surface area (Å²) in [5.74, 6) is 1.03. The second-order valence-electron chi connectivity index (χ2n) is 5.87. The van der Waals surface area contributed by atoms with Gasteiger partial charge < -0.3 is 4.74 Å².